The minimum atomic E-state index is -0.669. The molecule has 14 heavy (non-hydrogen) atoms. The number of aromatic nitrogens is 2. The minimum absolute atomic E-state index is 0.309. The van der Waals surface area contributed by atoms with Gasteiger partial charge in [-0.05, 0) is 18.3 Å². The molecule has 1 atom stereocenters. The Kier molecular flexibility index (Phi) is 3.97. The lowest BCUT2D eigenvalue weighted by molar-refractivity contribution is -0.142. The molecule has 74 valence electrons. The van der Waals surface area contributed by atoms with Gasteiger partial charge in [0.1, 0.15) is 0 Å². The number of esters is 1. The lowest BCUT2D eigenvalue weighted by atomic mass is 10.3. The number of nitrogens with zero attached hydrogens (tertiary/aromatic N) is 3. The van der Waals surface area contributed by atoms with Crippen molar-refractivity contribution in [1.82, 2.24) is 9.78 Å². The first-order valence-corrected chi connectivity index (χ1v) is 4.31. The molecule has 5 nitrogen and oxygen atoms in total. The number of isothiocyanates is 1. The molecule has 0 amide bonds. The summed E-state index contributed by atoms with van der Waals surface area (Å²) in [6.07, 6.45) is 3.35. The van der Waals surface area contributed by atoms with E-state index >= 15 is 0 Å². The molecule has 0 aliphatic carbocycles. The first-order chi connectivity index (χ1) is 6.77. The maximum Gasteiger partial charge on any atom is 0.333 e. The third kappa shape index (κ3) is 2.76. The van der Waals surface area contributed by atoms with E-state index in [1.165, 1.54) is 7.11 Å². The van der Waals surface area contributed by atoms with Crippen LogP contribution in [0.4, 0.5) is 0 Å². The summed E-state index contributed by atoms with van der Waals surface area (Å²) < 4.78 is 6.13. The molecule has 0 aromatic carbocycles. The molecule has 0 saturated heterocycles. The van der Waals surface area contributed by atoms with E-state index in [0.29, 0.717) is 6.54 Å². The number of thiocarbonyl (C=S) groups is 1. The van der Waals surface area contributed by atoms with Gasteiger partial charge in [-0.2, -0.15) is 5.10 Å². The Bertz CT molecular complexity index is 343. The third-order valence-electron chi connectivity index (χ3n) is 1.60. The highest BCUT2D eigenvalue weighted by Gasteiger charge is 2.18. The summed E-state index contributed by atoms with van der Waals surface area (Å²) in [6, 6.07) is 1.09. The van der Waals surface area contributed by atoms with Crippen LogP contribution in [0.3, 0.4) is 0 Å². The van der Waals surface area contributed by atoms with Crippen LogP contribution in [-0.2, 0) is 16.1 Å². The van der Waals surface area contributed by atoms with E-state index < -0.39 is 12.0 Å². The highest BCUT2D eigenvalue weighted by Crippen LogP contribution is 1.98. The van der Waals surface area contributed by atoms with Gasteiger partial charge in [-0.3, -0.25) is 4.68 Å². The van der Waals surface area contributed by atoms with Crippen LogP contribution in [0.15, 0.2) is 23.5 Å². The van der Waals surface area contributed by atoms with Crippen molar-refractivity contribution in [2.75, 3.05) is 7.11 Å². The molecule has 1 unspecified atom stereocenters. The van der Waals surface area contributed by atoms with Crippen LogP contribution >= 0.6 is 12.2 Å². The zero-order valence-electron chi connectivity index (χ0n) is 7.58. The monoisotopic (exact) mass is 211 g/mol. The Labute approximate surface area is 86.4 Å². The summed E-state index contributed by atoms with van der Waals surface area (Å²) in [5, 5.41) is 6.10. The number of ether oxygens (including phenoxy) is 1. The van der Waals surface area contributed by atoms with E-state index in [1.54, 1.807) is 23.1 Å². The largest absolute Gasteiger partial charge is 0.467 e. The lowest BCUT2D eigenvalue weighted by Gasteiger charge is -2.08. The van der Waals surface area contributed by atoms with Crippen molar-refractivity contribution >= 4 is 23.3 Å². The van der Waals surface area contributed by atoms with Gasteiger partial charge in [-0.25, -0.2) is 9.79 Å². The summed E-state index contributed by atoms with van der Waals surface area (Å²) in [6.45, 7) is 0.309. The quantitative estimate of drug-likeness (QED) is 0.414. The van der Waals surface area contributed by atoms with Gasteiger partial charge in [-0.1, -0.05) is 0 Å². The second-order valence-corrected chi connectivity index (χ2v) is 2.67. The van der Waals surface area contributed by atoms with Crippen molar-refractivity contribution in [3.63, 3.8) is 0 Å². The second kappa shape index (κ2) is 5.26. The maximum absolute atomic E-state index is 11.2. The molecule has 1 aromatic heterocycles. The van der Waals surface area contributed by atoms with Gasteiger partial charge in [-0.15, -0.1) is 0 Å². The Hall–Kier alpha value is -1.52. The van der Waals surface area contributed by atoms with Gasteiger partial charge in [0.05, 0.1) is 18.8 Å². The van der Waals surface area contributed by atoms with Crippen molar-refractivity contribution in [1.29, 1.82) is 0 Å². The molecule has 1 heterocycles. The minimum Gasteiger partial charge on any atom is -0.467 e. The Morgan fingerprint density at radius 2 is 2.64 bits per heavy atom. The molecule has 1 rings (SSSR count). The molecule has 0 spiro atoms. The average Bonchev–Trinajstić information content (AvgIpc) is 2.68. The van der Waals surface area contributed by atoms with Crippen molar-refractivity contribution < 1.29 is 9.53 Å². The molecule has 0 aliphatic rings. The number of hydrogen-bond donors (Lipinski definition) is 0. The molecular formula is C8H9N3O2S. The SMILES string of the molecule is COC(=O)C(Cn1cccn1)N=C=S. The normalized spacial score (nSPS) is 11.5. The predicted octanol–water partition coefficient (Wildman–Crippen LogP) is 0.527. The van der Waals surface area contributed by atoms with Gasteiger partial charge >= 0.3 is 5.97 Å². The van der Waals surface area contributed by atoms with Crippen LogP contribution in [-0.4, -0.2) is 34.1 Å². The van der Waals surface area contributed by atoms with Gasteiger partial charge in [0.15, 0.2) is 6.04 Å². The van der Waals surface area contributed by atoms with Gasteiger partial charge in [0.2, 0.25) is 0 Å². The van der Waals surface area contributed by atoms with E-state index in [4.69, 9.17) is 0 Å². The molecule has 0 radical (unpaired) electrons. The molecule has 1 aromatic rings. The summed E-state index contributed by atoms with van der Waals surface area (Å²) in [5.41, 5.74) is 0. The van der Waals surface area contributed by atoms with Gasteiger partial charge in [0, 0.05) is 12.4 Å². The van der Waals surface area contributed by atoms with Crippen LogP contribution in [0.2, 0.25) is 0 Å². The highest BCUT2D eigenvalue weighted by atomic mass is 32.1. The highest BCUT2D eigenvalue weighted by molar-refractivity contribution is 7.78. The molecule has 0 N–H and O–H groups in total. The zero-order chi connectivity index (χ0) is 10.4. The molecule has 0 fully saturated rings. The fourth-order valence-electron chi connectivity index (χ4n) is 0.953. The Balaban J connectivity index is 2.69. The van der Waals surface area contributed by atoms with Gasteiger partial charge < -0.3 is 4.74 Å². The Morgan fingerprint density at radius 3 is 3.14 bits per heavy atom. The van der Waals surface area contributed by atoms with Crippen LogP contribution in [0.5, 0.6) is 0 Å². The van der Waals surface area contributed by atoms with Gasteiger partial charge in [0.25, 0.3) is 0 Å². The molecule has 0 saturated carbocycles. The third-order valence-corrected chi connectivity index (χ3v) is 1.71. The van der Waals surface area contributed by atoms with Crippen LogP contribution in [0.1, 0.15) is 0 Å². The number of aliphatic imine (C=N–C) groups is 1. The van der Waals surface area contributed by atoms with E-state index in [-0.39, 0.29) is 0 Å². The first kappa shape index (κ1) is 10.6. The smallest absolute Gasteiger partial charge is 0.333 e. The number of carbonyl (C=O) groups excluding carboxylic acids is 1. The van der Waals surface area contributed by atoms with E-state index in [0.717, 1.165) is 0 Å². The first-order valence-electron chi connectivity index (χ1n) is 3.90. The number of hydrogen-bond acceptors (Lipinski definition) is 5. The van der Waals surface area contributed by atoms with E-state index in [9.17, 15) is 4.79 Å². The fourth-order valence-corrected chi connectivity index (χ4v) is 1.08. The summed E-state index contributed by atoms with van der Waals surface area (Å²) in [4.78, 5) is 14.9. The van der Waals surface area contributed by atoms with Crippen molar-refractivity contribution in [2.24, 2.45) is 4.99 Å². The average molecular weight is 211 g/mol. The number of methoxy groups -OCH3 is 1. The van der Waals surface area contributed by atoms with Crippen LogP contribution < -0.4 is 0 Å². The predicted molar refractivity (Wildman–Crippen MR) is 53.1 cm³/mol. The zero-order valence-corrected chi connectivity index (χ0v) is 8.40. The maximum atomic E-state index is 11.2. The Morgan fingerprint density at radius 1 is 1.86 bits per heavy atom. The van der Waals surface area contributed by atoms with E-state index in [1.807, 2.05) is 0 Å². The fraction of sp³-hybridized carbons (Fsp3) is 0.375. The summed E-state index contributed by atoms with van der Waals surface area (Å²) in [7, 11) is 1.30. The van der Waals surface area contributed by atoms with Crippen molar-refractivity contribution in [2.45, 2.75) is 12.6 Å². The van der Waals surface area contributed by atoms with Crippen LogP contribution in [0, 0.1) is 0 Å². The molecular weight excluding hydrogens is 202 g/mol. The molecule has 0 aliphatic heterocycles. The van der Waals surface area contributed by atoms with Crippen molar-refractivity contribution in [3.8, 4) is 0 Å². The molecule has 6 heteroatoms. The molecule has 0 bridgehead atoms. The van der Waals surface area contributed by atoms with Crippen molar-refractivity contribution in [3.05, 3.63) is 18.5 Å². The van der Waals surface area contributed by atoms with Crippen LogP contribution in [0.25, 0.3) is 0 Å². The standard InChI is InChI=1S/C8H9N3O2S/c1-13-8(12)7(9-6-14)5-11-4-2-3-10-11/h2-4,7H,5H2,1H3. The lowest BCUT2D eigenvalue weighted by Crippen LogP contribution is -2.25. The number of carbonyl (C=O) groups is 1. The number of rotatable bonds is 4. The topological polar surface area (TPSA) is 56.5 Å². The summed E-state index contributed by atoms with van der Waals surface area (Å²) in [5.74, 6) is -0.446. The van der Waals surface area contributed by atoms with E-state index in [2.05, 4.69) is 32.2 Å². The second-order valence-electron chi connectivity index (χ2n) is 2.49. The summed E-state index contributed by atoms with van der Waals surface area (Å²) >= 11 is 4.44.